The number of carbonyl (C=O) groups is 2. The molecule has 0 unspecified atom stereocenters. The van der Waals surface area contributed by atoms with Crippen molar-refractivity contribution in [3.63, 3.8) is 0 Å². The summed E-state index contributed by atoms with van der Waals surface area (Å²) >= 11 is 0. The Morgan fingerprint density at radius 2 is 1.65 bits per heavy atom. The van der Waals surface area contributed by atoms with E-state index in [0.717, 1.165) is 18.2 Å². The van der Waals surface area contributed by atoms with Crippen LogP contribution < -0.4 is 20.1 Å². The first kappa shape index (κ1) is 27.8. The molecule has 1 fully saturated rings. The summed E-state index contributed by atoms with van der Waals surface area (Å²) in [5, 5.41) is 6.75. The number of aromatic nitrogens is 3. The minimum absolute atomic E-state index is 0.305. The van der Waals surface area contributed by atoms with Crippen LogP contribution in [0.15, 0.2) is 97.5 Å². The number of para-hydroxylation sites is 1. The van der Waals surface area contributed by atoms with Crippen LogP contribution >= 0.6 is 0 Å². The third-order valence-electron chi connectivity index (χ3n) is 7.58. The van der Waals surface area contributed by atoms with Crippen molar-refractivity contribution in [2.45, 2.75) is 25.3 Å². The molecule has 0 saturated heterocycles. The van der Waals surface area contributed by atoms with Crippen molar-refractivity contribution in [2.75, 3.05) is 19.0 Å². The molecule has 5 aromatic rings. The Morgan fingerprint density at radius 3 is 2.30 bits per heavy atom. The Bertz CT molecular complexity index is 1700. The number of fused-ring (bicyclic) bond motifs is 1. The molecule has 3 aromatic heterocycles. The standard InChI is InChI=1S/C34H31N5O4/c1-42-30-13-7-10-26(32(30)43-21-22-8-6-9-22)34(41)38-25-15-14-23-18-24(20-37-29(23)19-25)33(40)39-31(27-11-2-4-16-35-27)28-12-3-5-17-36-28/h2-5,7,10-20,22,31H,6,8-9,21H2,1H3,(H,38,41)(H,39,40). The molecular formula is C34H31N5O4. The summed E-state index contributed by atoms with van der Waals surface area (Å²) in [6.45, 7) is 0.556. The largest absolute Gasteiger partial charge is 0.493 e. The highest BCUT2D eigenvalue weighted by Crippen LogP contribution is 2.34. The van der Waals surface area contributed by atoms with Crippen LogP contribution in [0.1, 0.15) is 57.4 Å². The summed E-state index contributed by atoms with van der Waals surface area (Å²) in [5.41, 5.74) is 3.35. The van der Waals surface area contributed by atoms with E-state index in [0.29, 0.717) is 57.7 Å². The first-order valence-electron chi connectivity index (χ1n) is 14.2. The number of pyridine rings is 3. The van der Waals surface area contributed by atoms with E-state index in [1.54, 1.807) is 55.9 Å². The van der Waals surface area contributed by atoms with Gasteiger partial charge in [0, 0.05) is 29.7 Å². The lowest BCUT2D eigenvalue weighted by Gasteiger charge is -2.26. The quantitative estimate of drug-likeness (QED) is 0.211. The molecule has 2 aromatic carbocycles. The van der Waals surface area contributed by atoms with E-state index in [-0.39, 0.29) is 11.8 Å². The van der Waals surface area contributed by atoms with Gasteiger partial charge in [-0.2, -0.15) is 0 Å². The molecule has 3 heterocycles. The molecule has 0 spiro atoms. The topological polar surface area (TPSA) is 115 Å². The molecule has 9 nitrogen and oxygen atoms in total. The normalized spacial score (nSPS) is 12.9. The fourth-order valence-corrected chi connectivity index (χ4v) is 4.99. The van der Waals surface area contributed by atoms with Gasteiger partial charge in [-0.1, -0.05) is 30.7 Å². The van der Waals surface area contributed by atoms with Gasteiger partial charge < -0.3 is 20.1 Å². The van der Waals surface area contributed by atoms with Crippen LogP contribution in [0.4, 0.5) is 5.69 Å². The molecule has 6 rings (SSSR count). The summed E-state index contributed by atoms with van der Waals surface area (Å²) in [7, 11) is 1.56. The number of anilines is 1. The minimum Gasteiger partial charge on any atom is -0.493 e. The molecule has 0 radical (unpaired) electrons. The minimum atomic E-state index is -0.526. The summed E-state index contributed by atoms with van der Waals surface area (Å²) < 4.78 is 11.5. The van der Waals surface area contributed by atoms with Gasteiger partial charge >= 0.3 is 0 Å². The van der Waals surface area contributed by atoms with Gasteiger partial charge in [0.15, 0.2) is 11.5 Å². The van der Waals surface area contributed by atoms with Crippen molar-refractivity contribution in [1.29, 1.82) is 0 Å². The second kappa shape index (κ2) is 12.7. The average Bonchev–Trinajstić information content (AvgIpc) is 3.03. The van der Waals surface area contributed by atoms with Crippen molar-refractivity contribution in [1.82, 2.24) is 20.3 Å². The number of hydrogen-bond acceptors (Lipinski definition) is 7. The molecular weight excluding hydrogens is 542 g/mol. The monoisotopic (exact) mass is 573 g/mol. The molecule has 2 amide bonds. The van der Waals surface area contributed by atoms with Crippen molar-refractivity contribution in [3.05, 3.63) is 120 Å². The maximum absolute atomic E-state index is 13.3. The number of methoxy groups -OCH3 is 1. The number of hydrogen-bond donors (Lipinski definition) is 2. The predicted molar refractivity (Wildman–Crippen MR) is 163 cm³/mol. The second-order valence-corrected chi connectivity index (χ2v) is 10.4. The molecule has 0 bridgehead atoms. The first-order chi connectivity index (χ1) is 21.1. The van der Waals surface area contributed by atoms with Gasteiger partial charge in [0.25, 0.3) is 11.8 Å². The Hall–Kier alpha value is -5.31. The molecule has 0 aliphatic heterocycles. The fourth-order valence-electron chi connectivity index (χ4n) is 4.99. The highest BCUT2D eigenvalue weighted by atomic mass is 16.5. The van der Waals surface area contributed by atoms with Crippen LogP contribution in [0.5, 0.6) is 11.5 Å². The number of rotatable bonds is 10. The molecule has 43 heavy (non-hydrogen) atoms. The van der Waals surface area contributed by atoms with Gasteiger partial charge in [0.2, 0.25) is 0 Å². The molecule has 0 atom stereocenters. The Balaban J connectivity index is 1.19. The molecule has 9 heteroatoms. The zero-order chi connectivity index (χ0) is 29.6. The van der Waals surface area contributed by atoms with E-state index in [1.807, 2.05) is 42.5 Å². The van der Waals surface area contributed by atoms with E-state index in [1.165, 1.54) is 12.6 Å². The second-order valence-electron chi connectivity index (χ2n) is 10.4. The van der Waals surface area contributed by atoms with Crippen LogP contribution in [0.3, 0.4) is 0 Å². The van der Waals surface area contributed by atoms with Crippen molar-refractivity contribution >= 4 is 28.4 Å². The van der Waals surface area contributed by atoms with Gasteiger partial charge in [-0.05, 0) is 73.4 Å². The van der Waals surface area contributed by atoms with E-state index in [4.69, 9.17) is 9.47 Å². The number of carbonyl (C=O) groups excluding carboxylic acids is 2. The maximum atomic E-state index is 13.3. The molecule has 1 saturated carbocycles. The van der Waals surface area contributed by atoms with E-state index in [9.17, 15) is 9.59 Å². The van der Waals surface area contributed by atoms with Crippen LogP contribution in [0.25, 0.3) is 10.9 Å². The van der Waals surface area contributed by atoms with Crippen LogP contribution in [0, 0.1) is 5.92 Å². The Labute approximate surface area is 249 Å². The average molecular weight is 574 g/mol. The van der Waals surface area contributed by atoms with E-state index in [2.05, 4.69) is 25.6 Å². The van der Waals surface area contributed by atoms with Crippen LogP contribution in [-0.4, -0.2) is 40.5 Å². The molecule has 1 aliphatic carbocycles. The number of nitrogens with one attached hydrogen (secondary N) is 2. The SMILES string of the molecule is COc1cccc(C(=O)Nc2ccc3cc(C(=O)NC(c4ccccn4)c4ccccn4)cnc3c2)c1OCC1CCC1. The van der Waals surface area contributed by atoms with Gasteiger partial charge in [-0.25, -0.2) is 0 Å². The lowest BCUT2D eigenvalue weighted by Crippen LogP contribution is -2.30. The van der Waals surface area contributed by atoms with Crippen LogP contribution in [-0.2, 0) is 0 Å². The van der Waals surface area contributed by atoms with Crippen molar-refractivity contribution < 1.29 is 19.1 Å². The van der Waals surface area contributed by atoms with Gasteiger partial charge in [0.1, 0.15) is 6.04 Å². The van der Waals surface area contributed by atoms with Gasteiger partial charge in [-0.15, -0.1) is 0 Å². The van der Waals surface area contributed by atoms with Gasteiger partial charge in [-0.3, -0.25) is 24.5 Å². The van der Waals surface area contributed by atoms with Crippen molar-refractivity contribution in [2.24, 2.45) is 5.92 Å². The fraction of sp³-hybridized carbons (Fsp3) is 0.206. The molecule has 216 valence electrons. The molecule has 2 N–H and O–H groups in total. The summed E-state index contributed by atoms with van der Waals surface area (Å²) in [5.74, 6) is 0.855. The van der Waals surface area contributed by atoms with E-state index < -0.39 is 6.04 Å². The smallest absolute Gasteiger partial charge is 0.259 e. The van der Waals surface area contributed by atoms with E-state index >= 15 is 0 Å². The highest BCUT2D eigenvalue weighted by molar-refractivity contribution is 6.07. The van der Waals surface area contributed by atoms with Crippen molar-refractivity contribution in [3.8, 4) is 11.5 Å². The third-order valence-corrected chi connectivity index (χ3v) is 7.58. The van der Waals surface area contributed by atoms with Gasteiger partial charge in [0.05, 0.1) is 41.7 Å². The number of benzene rings is 2. The predicted octanol–water partition coefficient (Wildman–Crippen LogP) is 5.98. The number of ether oxygens (including phenoxy) is 2. The number of amides is 2. The molecule has 1 aliphatic rings. The summed E-state index contributed by atoms with van der Waals surface area (Å²) in [6, 6.07) is 23.0. The summed E-state index contributed by atoms with van der Waals surface area (Å²) in [4.78, 5) is 40.0. The summed E-state index contributed by atoms with van der Waals surface area (Å²) in [6.07, 6.45) is 8.38. The maximum Gasteiger partial charge on any atom is 0.259 e. The lowest BCUT2D eigenvalue weighted by atomic mass is 9.86. The third kappa shape index (κ3) is 6.30. The zero-order valence-electron chi connectivity index (χ0n) is 23.7. The zero-order valence-corrected chi connectivity index (χ0v) is 23.7. The highest BCUT2D eigenvalue weighted by Gasteiger charge is 2.23. The van der Waals surface area contributed by atoms with Crippen LogP contribution in [0.2, 0.25) is 0 Å². The lowest BCUT2D eigenvalue weighted by molar-refractivity contribution is 0.0940. The number of nitrogens with zero attached hydrogens (tertiary/aromatic N) is 3. The Kier molecular flexibility index (Phi) is 8.21. The Morgan fingerprint density at radius 1 is 0.884 bits per heavy atom. The first-order valence-corrected chi connectivity index (χ1v) is 14.2.